The highest BCUT2D eigenvalue weighted by molar-refractivity contribution is 8.05. The van der Waals surface area contributed by atoms with Crippen LogP contribution in [0.2, 0.25) is 0 Å². The zero-order chi connectivity index (χ0) is 23.8. The van der Waals surface area contributed by atoms with E-state index >= 15 is 0 Å². The van der Waals surface area contributed by atoms with E-state index in [1.807, 2.05) is 53.2 Å². The second kappa shape index (κ2) is 8.84. The van der Waals surface area contributed by atoms with Gasteiger partial charge in [-0.1, -0.05) is 12.1 Å². The van der Waals surface area contributed by atoms with Crippen molar-refractivity contribution in [3.05, 3.63) is 95.5 Å². The summed E-state index contributed by atoms with van der Waals surface area (Å²) < 4.78 is 17.5. The van der Waals surface area contributed by atoms with Gasteiger partial charge in [-0.3, -0.25) is 9.48 Å². The van der Waals surface area contributed by atoms with Crippen LogP contribution in [0.15, 0.2) is 84.2 Å². The van der Waals surface area contributed by atoms with Crippen molar-refractivity contribution in [2.24, 2.45) is 0 Å². The first-order chi connectivity index (χ1) is 17.2. The van der Waals surface area contributed by atoms with Gasteiger partial charge in [-0.15, -0.1) is 0 Å². The van der Waals surface area contributed by atoms with Crippen LogP contribution in [0.1, 0.15) is 5.56 Å². The van der Waals surface area contributed by atoms with Crippen molar-refractivity contribution in [1.82, 2.24) is 19.7 Å². The summed E-state index contributed by atoms with van der Waals surface area (Å²) in [6.07, 6.45) is 6.12. The molecule has 0 saturated heterocycles. The summed E-state index contributed by atoms with van der Waals surface area (Å²) >= 11 is 1.42. The molecular weight excluding hydrogens is 463 g/mol. The van der Waals surface area contributed by atoms with E-state index in [1.165, 1.54) is 30.4 Å². The van der Waals surface area contributed by atoms with Crippen LogP contribution in [0.4, 0.5) is 21.6 Å². The third-order valence-electron chi connectivity index (χ3n) is 5.82. The number of hydrogen-bond acceptors (Lipinski definition) is 7. The molecule has 0 saturated carbocycles. The highest BCUT2D eigenvalue weighted by atomic mass is 32.2. The number of carbonyl (C=O) groups excluding carboxylic acids is 1. The van der Waals surface area contributed by atoms with E-state index in [9.17, 15) is 9.18 Å². The summed E-state index contributed by atoms with van der Waals surface area (Å²) in [6, 6.07) is 18.5. The molecule has 1 aliphatic heterocycles. The first-order valence-electron chi connectivity index (χ1n) is 11.0. The molecule has 0 bridgehead atoms. The van der Waals surface area contributed by atoms with Crippen molar-refractivity contribution >= 4 is 57.2 Å². The number of rotatable bonds is 6. The number of anilines is 3. The monoisotopic (exact) mass is 482 g/mol. The number of nitrogens with zero attached hydrogens (tertiary/aromatic N) is 5. The molecule has 0 fully saturated rings. The number of nitrogens with one attached hydrogen (secondary N) is 1. The quantitative estimate of drug-likeness (QED) is 0.254. The maximum atomic E-state index is 13.6. The Kier molecular flexibility index (Phi) is 5.38. The summed E-state index contributed by atoms with van der Waals surface area (Å²) in [7, 11) is 0. The Balaban J connectivity index is 1.28. The topological polar surface area (TPSA) is 75.9 Å². The fourth-order valence-electron chi connectivity index (χ4n) is 4.14. The summed E-state index contributed by atoms with van der Waals surface area (Å²) in [4.78, 5) is 20.7. The largest absolute Gasteiger partial charge is 0.340 e. The van der Waals surface area contributed by atoms with Crippen LogP contribution >= 0.6 is 11.9 Å². The number of aromatic nitrogens is 4. The molecule has 35 heavy (non-hydrogen) atoms. The number of aldehydes is 1. The van der Waals surface area contributed by atoms with Crippen molar-refractivity contribution in [3.8, 4) is 0 Å². The van der Waals surface area contributed by atoms with Crippen molar-refractivity contribution in [2.75, 3.05) is 16.2 Å². The third-order valence-corrected chi connectivity index (χ3v) is 6.88. The van der Waals surface area contributed by atoms with Gasteiger partial charge in [0.05, 0.1) is 28.7 Å². The molecule has 7 nitrogen and oxygen atoms in total. The first-order valence-corrected chi connectivity index (χ1v) is 11.8. The van der Waals surface area contributed by atoms with Crippen LogP contribution in [0.3, 0.4) is 0 Å². The maximum Gasteiger partial charge on any atom is 0.157 e. The van der Waals surface area contributed by atoms with Gasteiger partial charge in [0.15, 0.2) is 6.29 Å². The van der Waals surface area contributed by atoms with E-state index in [-0.39, 0.29) is 5.82 Å². The molecule has 0 radical (unpaired) electrons. The minimum atomic E-state index is -0.255. The molecule has 0 amide bonds. The van der Waals surface area contributed by atoms with Crippen molar-refractivity contribution in [1.29, 1.82) is 0 Å². The Hall–Kier alpha value is -4.24. The molecule has 3 aromatic carbocycles. The molecule has 2 aromatic heterocycles. The van der Waals surface area contributed by atoms with E-state index in [2.05, 4.69) is 24.7 Å². The van der Waals surface area contributed by atoms with Crippen LogP contribution in [0.25, 0.3) is 21.8 Å². The van der Waals surface area contributed by atoms with Gasteiger partial charge >= 0.3 is 0 Å². The lowest BCUT2D eigenvalue weighted by Gasteiger charge is -2.17. The normalized spacial score (nSPS) is 13.4. The highest BCUT2D eigenvalue weighted by Gasteiger charge is 2.17. The molecule has 0 spiro atoms. The molecule has 172 valence electrons. The van der Waals surface area contributed by atoms with Gasteiger partial charge < -0.3 is 9.62 Å². The molecule has 6 rings (SSSR count). The molecular formula is C26H19FN6OS. The molecule has 3 heterocycles. The van der Waals surface area contributed by atoms with Crippen LogP contribution in [0, 0.1) is 5.82 Å². The highest BCUT2D eigenvalue weighted by Crippen LogP contribution is 2.35. The van der Waals surface area contributed by atoms with Crippen molar-refractivity contribution < 1.29 is 9.18 Å². The Bertz CT molecular complexity index is 1610. The van der Waals surface area contributed by atoms with Gasteiger partial charge in [-0.2, -0.15) is 5.10 Å². The van der Waals surface area contributed by atoms with Gasteiger partial charge in [-0.25, -0.2) is 14.4 Å². The zero-order valence-corrected chi connectivity index (χ0v) is 19.2. The second-order valence-electron chi connectivity index (χ2n) is 8.13. The van der Waals surface area contributed by atoms with Gasteiger partial charge in [0.25, 0.3) is 0 Å². The molecule has 5 aromatic rings. The van der Waals surface area contributed by atoms with Crippen LogP contribution in [0.5, 0.6) is 0 Å². The SMILES string of the molecule is O=CC1=CCN(c2ccc3ncnc(Nc4ccc5c(cnn5Cc5cccc(F)c5)c4)c3c2)S1. The van der Waals surface area contributed by atoms with Gasteiger partial charge in [0, 0.05) is 28.7 Å². The van der Waals surface area contributed by atoms with Crippen molar-refractivity contribution in [3.63, 3.8) is 0 Å². The van der Waals surface area contributed by atoms with Gasteiger partial charge in [-0.05, 0) is 72.1 Å². The standard InChI is InChI=1S/C26H19FN6OS/c27-19-3-1-2-17(10-19)14-32-25-7-4-20(11-18(25)13-30-32)31-26-23-12-21(5-6-24(23)28-16-29-26)33-9-8-22(15-34)35-33/h1-8,10-13,15-16H,9,14H2,(H,28,29,31). The number of halogens is 1. The smallest absolute Gasteiger partial charge is 0.157 e. The van der Waals surface area contributed by atoms with E-state index in [0.717, 1.165) is 45.0 Å². The van der Waals surface area contributed by atoms with Crippen LogP contribution in [-0.2, 0) is 11.3 Å². The lowest BCUT2D eigenvalue weighted by atomic mass is 10.2. The Morgan fingerprint density at radius 3 is 2.89 bits per heavy atom. The van der Waals surface area contributed by atoms with E-state index in [4.69, 9.17) is 0 Å². The predicted molar refractivity (Wildman–Crippen MR) is 137 cm³/mol. The Morgan fingerprint density at radius 1 is 1.09 bits per heavy atom. The number of fused-ring (bicyclic) bond motifs is 2. The molecule has 0 atom stereocenters. The van der Waals surface area contributed by atoms with Crippen LogP contribution < -0.4 is 9.62 Å². The fraction of sp³-hybridized carbons (Fsp3) is 0.0769. The molecule has 1 aliphatic rings. The summed E-state index contributed by atoms with van der Waals surface area (Å²) in [5.74, 6) is 0.436. The minimum absolute atomic E-state index is 0.255. The summed E-state index contributed by atoms with van der Waals surface area (Å²) in [5.41, 5.74) is 4.48. The van der Waals surface area contributed by atoms with E-state index in [1.54, 1.807) is 12.3 Å². The average molecular weight is 483 g/mol. The fourth-order valence-corrected chi connectivity index (χ4v) is 4.95. The molecule has 0 unspecified atom stereocenters. The van der Waals surface area contributed by atoms with E-state index in [0.29, 0.717) is 23.8 Å². The maximum absolute atomic E-state index is 13.6. The Morgan fingerprint density at radius 2 is 2.03 bits per heavy atom. The molecule has 1 N–H and O–H groups in total. The third kappa shape index (κ3) is 4.22. The second-order valence-corrected chi connectivity index (χ2v) is 9.23. The molecule has 9 heteroatoms. The predicted octanol–water partition coefficient (Wildman–Crippen LogP) is 5.46. The zero-order valence-electron chi connectivity index (χ0n) is 18.4. The number of allylic oxidation sites excluding steroid dienone is 1. The lowest BCUT2D eigenvalue weighted by Crippen LogP contribution is -2.09. The Labute approximate surface area is 204 Å². The summed E-state index contributed by atoms with van der Waals surface area (Å²) in [5, 5.41) is 9.75. The minimum Gasteiger partial charge on any atom is -0.340 e. The van der Waals surface area contributed by atoms with Crippen molar-refractivity contribution in [2.45, 2.75) is 6.54 Å². The number of carbonyl (C=O) groups is 1. The summed E-state index contributed by atoms with van der Waals surface area (Å²) in [6.45, 7) is 1.15. The average Bonchev–Trinajstić information content (AvgIpc) is 3.51. The van der Waals surface area contributed by atoms with E-state index < -0.39 is 0 Å². The lowest BCUT2D eigenvalue weighted by molar-refractivity contribution is -0.104. The number of benzene rings is 3. The van der Waals surface area contributed by atoms with Gasteiger partial charge in [0.1, 0.15) is 18.0 Å². The first kappa shape index (κ1) is 21.3. The number of hydrogen-bond donors (Lipinski definition) is 1. The molecule has 0 aliphatic carbocycles. The van der Waals surface area contributed by atoms with Crippen LogP contribution in [-0.4, -0.2) is 32.6 Å². The van der Waals surface area contributed by atoms with Gasteiger partial charge in [0.2, 0.25) is 0 Å².